The van der Waals surface area contributed by atoms with E-state index in [9.17, 15) is 26.0 Å². The number of aryl methyl sites for hydroxylation is 1. The molecule has 0 aliphatic carbocycles. The van der Waals surface area contributed by atoms with Crippen LogP contribution in [0.25, 0.3) is 16.9 Å². The molecule has 0 fully saturated rings. The van der Waals surface area contributed by atoms with Crippen LogP contribution in [0.5, 0.6) is 0 Å². The molecule has 236 valence electrons. The van der Waals surface area contributed by atoms with Crippen molar-refractivity contribution < 1.29 is 30.2 Å². The van der Waals surface area contributed by atoms with Gasteiger partial charge in [-0.3, -0.25) is 0 Å². The third kappa shape index (κ3) is 9.16. The van der Waals surface area contributed by atoms with Gasteiger partial charge in [0, 0.05) is 28.7 Å². The molecule has 4 unspecified atom stereocenters. The lowest BCUT2D eigenvalue weighted by Crippen LogP contribution is -2.46. The van der Waals surface area contributed by atoms with E-state index in [2.05, 4.69) is 45.0 Å². The van der Waals surface area contributed by atoms with Gasteiger partial charge in [-0.2, -0.15) is 0 Å². The van der Waals surface area contributed by atoms with E-state index >= 15 is 0 Å². The predicted molar refractivity (Wildman–Crippen MR) is 172 cm³/mol. The first-order valence-corrected chi connectivity index (χ1v) is 16.2. The van der Waals surface area contributed by atoms with Crippen LogP contribution in [-0.4, -0.2) is 61.3 Å². The van der Waals surface area contributed by atoms with Gasteiger partial charge < -0.3 is 31.1 Å². The number of nitrogens with zero attached hydrogens (tertiary/aromatic N) is 2. The molecule has 4 atom stereocenters. The molecule has 1 aliphatic heterocycles. The first kappa shape index (κ1) is 34.8. The minimum atomic E-state index is -1.66. The molecule has 0 saturated heterocycles. The van der Waals surface area contributed by atoms with Crippen LogP contribution in [0.3, 0.4) is 0 Å². The summed E-state index contributed by atoms with van der Waals surface area (Å²) in [7, 11) is 0. The van der Waals surface area contributed by atoms with Gasteiger partial charge in [-0.05, 0) is 73.9 Å². The van der Waals surface area contributed by atoms with Crippen molar-refractivity contribution >= 4 is 11.4 Å². The molecule has 7 heteroatoms. The molecule has 0 spiro atoms. The molecule has 2 aromatic carbocycles. The van der Waals surface area contributed by atoms with Gasteiger partial charge in [0.1, 0.15) is 18.3 Å². The standard InChI is InChI=1S/C36H52N2O5/c1-4-7-10-11-13-25-14-12-15-28(22-25)34-30(17-9-6-3)29(16-8-5-2)33(38(34)37)27-20-18-26(19-21-27)23-31(40)35(42)36(43)32(41)24-39/h12,14-15,18-22,31-32,35-36,39-43H,4-11,13,16-17,23-24H2,1-3H3. The first-order valence-electron chi connectivity index (χ1n) is 16.2. The quantitative estimate of drug-likeness (QED) is 0.0961. The van der Waals surface area contributed by atoms with Crippen molar-refractivity contribution in [1.82, 2.24) is 0 Å². The summed E-state index contributed by atoms with van der Waals surface area (Å²) in [5.74, 6) is 0. The summed E-state index contributed by atoms with van der Waals surface area (Å²) < 4.78 is 1.38. The van der Waals surface area contributed by atoms with Crippen molar-refractivity contribution in [2.24, 2.45) is 0 Å². The van der Waals surface area contributed by atoms with E-state index in [0.717, 1.165) is 79.5 Å². The molecule has 5 N–H and O–H groups in total. The fourth-order valence-corrected chi connectivity index (χ4v) is 5.85. The van der Waals surface area contributed by atoms with Gasteiger partial charge >= 0.3 is 0 Å². The molecule has 1 heterocycles. The molecule has 3 rings (SSSR count). The van der Waals surface area contributed by atoms with Crippen LogP contribution in [0.15, 0.2) is 59.7 Å². The Morgan fingerprint density at radius 1 is 0.628 bits per heavy atom. The normalized spacial score (nSPS) is 16.6. The van der Waals surface area contributed by atoms with Crippen molar-refractivity contribution in [3.8, 4) is 0 Å². The summed E-state index contributed by atoms with van der Waals surface area (Å²) in [6, 6.07) is 16.1. The Morgan fingerprint density at radius 3 is 1.79 bits per heavy atom. The van der Waals surface area contributed by atoms with E-state index in [1.807, 2.05) is 24.3 Å². The molecule has 7 nitrogen and oxygen atoms in total. The SMILES string of the molecule is CCCCCCc1cccc(C2=C(CCCC)C(CCCC)=C(c3ccc(CC(O)C(O)C(O)C(O)CO)cc3)[N+]2=[N-])c1. The Morgan fingerprint density at radius 2 is 1.21 bits per heavy atom. The number of allylic oxidation sites excluding steroid dienone is 2. The van der Waals surface area contributed by atoms with Crippen LogP contribution in [-0.2, 0) is 12.8 Å². The number of benzene rings is 2. The highest BCUT2D eigenvalue weighted by Crippen LogP contribution is 2.44. The average Bonchev–Trinajstić information content (AvgIpc) is 3.30. The van der Waals surface area contributed by atoms with Gasteiger partial charge in [0.25, 0.3) is 0 Å². The molecule has 43 heavy (non-hydrogen) atoms. The second kappa shape index (κ2) is 17.6. The van der Waals surface area contributed by atoms with E-state index in [4.69, 9.17) is 5.11 Å². The smallest absolute Gasteiger partial charge is 0.211 e. The average molecular weight is 593 g/mol. The largest absolute Gasteiger partial charge is 0.493 e. The van der Waals surface area contributed by atoms with Crippen molar-refractivity contribution in [1.29, 1.82) is 0 Å². The number of aliphatic hydroxyl groups is 5. The predicted octanol–water partition coefficient (Wildman–Crippen LogP) is 6.34. The van der Waals surface area contributed by atoms with Crippen molar-refractivity contribution in [2.75, 3.05) is 6.61 Å². The molecule has 1 aliphatic rings. The summed E-state index contributed by atoms with van der Waals surface area (Å²) in [5.41, 5.74) is 19.8. The molecule has 0 saturated carbocycles. The molecule has 0 bridgehead atoms. The summed E-state index contributed by atoms with van der Waals surface area (Å²) in [6.45, 7) is 5.87. The van der Waals surface area contributed by atoms with Crippen molar-refractivity contribution in [3.05, 3.63) is 87.5 Å². The number of unbranched alkanes of at least 4 members (excludes halogenated alkanes) is 5. The van der Waals surface area contributed by atoms with Crippen molar-refractivity contribution in [3.63, 3.8) is 0 Å². The van der Waals surface area contributed by atoms with Gasteiger partial charge in [0.2, 0.25) is 11.4 Å². The maximum Gasteiger partial charge on any atom is 0.211 e. The molecule has 0 amide bonds. The molecular formula is C36H52N2O5. The van der Waals surface area contributed by atoms with Crippen LogP contribution in [0.2, 0.25) is 0 Å². The van der Waals surface area contributed by atoms with E-state index in [-0.39, 0.29) is 6.42 Å². The fourth-order valence-electron chi connectivity index (χ4n) is 5.85. The van der Waals surface area contributed by atoms with E-state index in [1.54, 1.807) is 0 Å². The Hall–Kier alpha value is -2.68. The minimum absolute atomic E-state index is 0.0531. The third-order valence-electron chi connectivity index (χ3n) is 8.44. The molecule has 0 radical (unpaired) electrons. The summed E-state index contributed by atoms with van der Waals surface area (Å²) in [5, 5.41) is 49.3. The zero-order chi connectivity index (χ0) is 31.4. The monoisotopic (exact) mass is 592 g/mol. The highest BCUT2D eigenvalue weighted by atomic mass is 16.4. The zero-order valence-corrected chi connectivity index (χ0v) is 26.3. The second-order valence-corrected chi connectivity index (χ2v) is 11.9. The Labute approximate surface area is 257 Å². The van der Waals surface area contributed by atoms with Crippen LogP contribution < -0.4 is 0 Å². The number of aliphatic hydroxyl groups excluding tert-OH is 5. The Bertz CT molecular complexity index is 1240. The second-order valence-electron chi connectivity index (χ2n) is 11.9. The molecular weight excluding hydrogens is 540 g/mol. The van der Waals surface area contributed by atoms with E-state index < -0.39 is 31.0 Å². The number of hydrogen-bond acceptors (Lipinski definition) is 5. The summed E-state index contributed by atoms with van der Waals surface area (Å²) in [6.07, 6.45) is 5.68. The van der Waals surface area contributed by atoms with E-state index in [1.165, 1.54) is 40.7 Å². The van der Waals surface area contributed by atoms with Gasteiger partial charge in [0.15, 0.2) is 0 Å². The minimum Gasteiger partial charge on any atom is -0.493 e. The zero-order valence-electron chi connectivity index (χ0n) is 26.3. The van der Waals surface area contributed by atoms with Crippen LogP contribution in [0.4, 0.5) is 0 Å². The number of rotatable bonds is 19. The lowest BCUT2D eigenvalue weighted by Gasteiger charge is -2.25. The van der Waals surface area contributed by atoms with Crippen LogP contribution in [0, 0.1) is 0 Å². The third-order valence-corrected chi connectivity index (χ3v) is 8.44. The topological polar surface area (TPSA) is 126 Å². The summed E-state index contributed by atoms with van der Waals surface area (Å²) in [4.78, 5) is 0. The summed E-state index contributed by atoms with van der Waals surface area (Å²) >= 11 is 0. The molecule has 0 aromatic heterocycles. The Balaban J connectivity index is 1.93. The maximum absolute atomic E-state index is 11.8. The van der Waals surface area contributed by atoms with Gasteiger partial charge in [0.05, 0.1) is 12.7 Å². The van der Waals surface area contributed by atoms with E-state index in [0.29, 0.717) is 0 Å². The van der Waals surface area contributed by atoms with Gasteiger partial charge in [-0.25, -0.2) is 4.70 Å². The Kier molecular flexibility index (Phi) is 14.2. The lowest BCUT2D eigenvalue weighted by molar-refractivity contribution is -0.345. The molecule has 2 aromatic rings. The van der Waals surface area contributed by atoms with Crippen LogP contribution in [0.1, 0.15) is 107 Å². The first-order chi connectivity index (χ1) is 20.8. The lowest BCUT2D eigenvalue weighted by atomic mass is 9.91. The maximum atomic E-state index is 11.8. The highest BCUT2D eigenvalue weighted by molar-refractivity contribution is 5.82. The highest BCUT2D eigenvalue weighted by Gasteiger charge is 2.35. The van der Waals surface area contributed by atoms with Crippen LogP contribution >= 0.6 is 0 Å². The fraction of sp³-hybridized carbons (Fsp3) is 0.556. The van der Waals surface area contributed by atoms with Gasteiger partial charge in [-0.1, -0.05) is 77.1 Å². The number of hydrogen-bond donors (Lipinski definition) is 5. The van der Waals surface area contributed by atoms with Gasteiger partial charge in [-0.15, -0.1) is 0 Å². The van der Waals surface area contributed by atoms with Crippen molar-refractivity contribution in [2.45, 2.75) is 122 Å².